The monoisotopic (exact) mass is 318 g/mol. The first-order valence-electron chi connectivity index (χ1n) is 8.16. The molecule has 3 heteroatoms. The van der Waals surface area contributed by atoms with Gasteiger partial charge in [0.15, 0.2) is 0 Å². The number of anilines is 3. The fourth-order valence-electron chi connectivity index (χ4n) is 2.78. The Morgan fingerprint density at radius 2 is 1.17 bits per heavy atom. The number of aliphatic hydroxyl groups is 1. The Morgan fingerprint density at radius 3 is 1.62 bits per heavy atom. The highest BCUT2D eigenvalue weighted by molar-refractivity contribution is 5.76. The fraction of sp³-hybridized carbons (Fsp3) is 0.143. The molecule has 0 aliphatic heterocycles. The Kier molecular flexibility index (Phi) is 5.26. The molecule has 0 saturated carbocycles. The van der Waals surface area contributed by atoms with Gasteiger partial charge in [-0.05, 0) is 48.4 Å². The molecule has 0 aliphatic rings. The molecule has 3 aromatic rings. The van der Waals surface area contributed by atoms with Crippen LogP contribution in [0.2, 0.25) is 0 Å². The van der Waals surface area contributed by atoms with E-state index >= 15 is 0 Å². The summed E-state index contributed by atoms with van der Waals surface area (Å²) in [6.07, 6.45) is 0.570. The van der Waals surface area contributed by atoms with Crippen LogP contribution in [0.1, 0.15) is 18.0 Å². The van der Waals surface area contributed by atoms with Gasteiger partial charge in [-0.15, -0.1) is 0 Å². The van der Waals surface area contributed by atoms with Crippen LogP contribution in [0, 0.1) is 0 Å². The summed E-state index contributed by atoms with van der Waals surface area (Å²) in [5.41, 5.74) is 10.4. The second-order valence-electron chi connectivity index (χ2n) is 5.72. The summed E-state index contributed by atoms with van der Waals surface area (Å²) in [6.45, 7) is 0.100. The van der Waals surface area contributed by atoms with Gasteiger partial charge in [-0.1, -0.05) is 48.5 Å². The van der Waals surface area contributed by atoms with E-state index in [1.54, 1.807) is 0 Å². The number of para-hydroxylation sites is 2. The largest absolute Gasteiger partial charge is 0.396 e. The molecule has 1 unspecified atom stereocenters. The van der Waals surface area contributed by atoms with Gasteiger partial charge in [0, 0.05) is 29.7 Å². The zero-order valence-electron chi connectivity index (χ0n) is 13.5. The fourth-order valence-corrected chi connectivity index (χ4v) is 2.78. The van der Waals surface area contributed by atoms with Crippen molar-refractivity contribution < 1.29 is 5.11 Å². The molecular formula is C21H22N2O. The van der Waals surface area contributed by atoms with Crippen LogP contribution in [-0.2, 0) is 0 Å². The van der Waals surface area contributed by atoms with E-state index in [-0.39, 0.29) is 12.6 Å². The maximum atomic E-state index is 9.05. The lowest BCUT2D eigenvalue weighted by molar-refractivity contribution is 0.276. The van der Waals surface area contributed by atoms with Crippen molar-refractivity contribution in [3.05, 3.63) is 90.5 Å². The van der Waals surface area contributed by atoms with Gasteiger partial charge < -0.3 is 15.7 Å². The van der Waals surface area contributed by atoms with E-state index in [0.29, 0.717) is 6.42 Å². The molecule has 122 valence electrons. The van der Waals surface area contributed by atoms with E-state index < -0.39 is 0 Å². The summed E-state index contributed by atoms with van der Waals surface area (Å²) in [6, 6.07) is 28.7. The summed E-state index contributed by atoms with van der Waals surface area (Å²) in [5.74, 6) is 0. The van der Waals surface area contributed by atoms with Crippen molar-refractivity contribution in [1.29, 1.82) is 0 Å². The predicted octanol–water partition coefficient (Wildman–Crippen LogP) is 4.54. The molecule has 0 heterocycles. The van der Waals surface area contributed by atoms with Gasteiger partial charge in [-0.3, -0.25) is 0 Å². The van der Waals surface area contributed by atoms with Crippen molar-refractivity contribution in [2.75, 3.05) is 11.5 Å². The molecule has 1 atom stereocenters. The lowest BCUT2D eigenvalue weighted by Crippen LogP contribution is -2.13. The van der Waals surface area contributed by atoms with Gasteiger partial charge in [0.2, 0.25) is 0 Å². The Labute approximate surface area is 143 Å². The molecular weight excluding hydrogens is 296 g/mol. The minimum atomic E-state index is -0.133. The Bertz CT molecular complexity index is 702. The lowest BCUT2D eigenvalue weighted by Gasteiger charge is -2.25. The molecule has 24 heavy (non-hydrogen) atoms. The van der Waals surface area contributed by atoms with Crippen molar-refractivity contribution in [3.8, 4) is 0 Å². The van der Waals surface area contributed by atoms with E-state index in [9.17, 15) is 0 Å². The van der Waals surface area contributed by atoms with Crippen molar-refractivity contribution >= 4 is 17.1 Å². The number of hydrogen-bond acceptors (Lipinski definition) is 3. The van der Waals surface area contributed by atoms with E-state index in [1.807, 2.05) is 48.5 Å². The summed E-state index contributed by atoms with van der Waals surface area (Å²) in [4.78, 5) is 2.21. The Morgan fingerprint density at radius 1 is 0.708 bits per heavy atom. The van der Waals surface area contributed by atoms with Gasteiger partial charge in [-0.2, -0.15) is 0 Å². The van der Waals surface area contributed by atoms with Gasteiger partial charge in [0.25, 0.3) is 0 Å². The summed E-state index contributed by atoms with van der Waals surface area (Å²) in [5, 5.41) is 9.05. The summed E-state index contributed by atoms with van der Waals surface area (Å²) >= 11 is 0. The molecule has 3 nitrogen and oxygen atoms in total. The van der Waals surface area contributed by atoms with Crippen molar-refractivity contribution in [2.24, 2.45) is 5.73 Å². The Hall–Kier alpha value is -2.62. The molecule has 3 N–H and O–H groups in total. The van der Waals surface area contributed by atoms with Crippen molar-refractivity contribution in [3.63, 3.8) is 0 Å². The summed E-state index contributed by atoms with van der Waals surface area (Å²) in [7, 11) is 0. The third-order valence-corrected chi connectivity index (χ3v) is 4.05. The highest BCUT2D eigenvalue weighted by Crippen LogP contribution is 2.34. The third kappa shape index (κ3) is 3.65. The second-order valence-corrected chi connectivity index (χ2v) is 5.72. The normalized spacial score (nSPS) is 11.9. The van der Waals surface area contributed by atoms with Crippen molar-refractivity contribution in [1.82, 2.24) is 0 Å². The number of benzene rings is 3. The average molecular weight is 318 g/mol. The molecule has 0 saturated heterocycles. The number of nitrogens with zero attached hydrogens (tertiary/aromatic N) is 1. The highest BCUT2D eigenvalue weighted by Gasteiger charge is 2.12. The van der Waals surface area contributed by atoms with Gasteiger partial charge in [0.05, 0.1) is 0 Å². The smallest absolute Gasteiger partial charge is 0.0461 e. The van der Waals surface area contributed by atoms with Crippen LogP contribution < -0.4 is 10.6 Å². The van der Waals surface area contributed by atoms with Gasteiger partial charge in [-0.25, -0.2) is 0 Å². The molecule has 3 aromatic carbocycles. The van der Waals surface area contributed by atoms with Crippen LogP contribution in [0.25, 0.3) is 0 Å². The first kappa shape index (κ1) is 16.2. The van der Waals surface area contributed by atoms with Crippen LogP contribution in [0.3, 0.4) is 0 Å². The van der Waals surface area contributed by atoms with Gasteiger partial charge in [0.1, 0.15) is 0 Å². The molecule has 0 aromatic heterocycles. The summed E-state index contributed by atoms with van der Waals surface area (Å²) < 4.78 is 0. The van der Waals surface area contributed by atoms with E-state index in [1.165, 1.54) is 0 Å². The molecule has 0 bridgehead atoms. The molecule has 0 aliphatic carbocycles. The van der Waals surface area contributed by atoms with Crippen LogP contribution >= 0.6 is 0 Å². The standard InChI is InChI=1S/C21H22N2O/c22-21(15-16-24)17-11-13-20(14-12-17)23(18-7-3-1-4-8-18)19-9-5-2-6-10-19/h1-14,21,24H,15-16,22H2. The molecule has 0 spiro atoms. The third-order valence-electron chi connectivity index (χ3n) is 4.05. The zero-order chi connectivity index (χ0) is 16.8. The maximum absolute atomic E-state index is 9.05. The number of rotatable bonds is 6. The number of aliphatic hydroxyl groups excluding tert-OH is 1. The maximum Gasteiger partial charge on any atom is 0.0461 e. The predicted molar refractivity (Wildman–Crippen MR) is 99.8 cm³/mol. The molecule has 0 fully saturated rings. The quantitative estimate of drug-likeness (QED) is 0.701. The lowest BCUT2D eigenvalue weighted by atomic mass is 10.0. The van der Waals surface area contributed by atoms with E-state index in [4.69, 9.17) is 10.8 Å². The first-order chi connectivity index (χ1) is 11.8. The minimum absolute atomic E-state index is 0.100. The second kappa shape index (κ2) is 7.77. The van der Waals surface area contributed by atoms with Crippen molar-refractivity contribution in [2.45, 2.75) is 12.5 Å². The molecule has 0 radical (unpaired) electrons. The zero-order valence-corrected chi connectivity index (χ0v) is 13.5. The van der Waals surface area contributed by atoms with E-state index in [2.05, 4.69) is 41.3 Å². The first-order valence-corrected chi connectivity index (χ1v) is 8.16. The van der Waals surface area contributed by atoms with Crippen LogP contribution in [0.5, 0.6) is 0 Å². The van der Waals surface area contributed by atoms with E-state index in [0.717, 1.165) is 22.6 Å². The van der Waals surface area contributed by atoms with Crippen LogP contribution in [0.15, 0.2) is 84.9 Å². The molecule has 3 rings (SSSR count). The van der Waals surface area contributed by atoms with Crippen LogP contribution in [0.4, 0.5) is 17.1 Å². The van der Waals surface area contributed by atoms with Gasteiger partial charge >= 0.3 is 0 Å². The SMILES string of the molecule is NC(CCO)c1ccc(N(c2ccccc2)c2ccccc2)cc1. The Balaban J connectivity index is 1.97. The number of nitrogens with two attached hydrogens (primary N) is 1. The highest BCUT2D eigenvalue weighted by atomic mass is 16.3. The topological polar surface area (TPSA) is 49.5 Å². The average Bonchev–Trinajstić information content (AvgIpc) is 2.64. The number of hydrogen-bond donors (Lipinski definition) is 2. The molecule has 0 amide bonds. The van der Waals surface area contributed by atoms with Crippen LogP contribution in [-0.4, -0.2) is 11.7 Å². The minimum Gasteiger partial charge on any atom is -0.396 e.